The van der Waals surface area contributed by atoms with Crippen LogP contribution in [-0.4, -0.2) is 11.1 Å². The van der Waals surface area contributed by atoms with E-state index < -0.39 is 5.97 Å². The first-order valence-electron chi connectivity index (χ1n) is 6.74. The van der Waals surface area contributed by atoms with Crippen LogP contribution in [0, 0.1) is 6.92 Å². The fraction of sp³-hybridized carbons (Fsp3) is 0.0556. The highest BCUT2D eigenvalue weighted by molar-refractivity contribution is 5.99. The van der Waals surface area contributed by atoms with Crippen LogP contribution in [0.3, 0.4) is 0 Å². The van der Waals surface area contributed by atoms with E-state index in [0.717, 1.165) is 22.0 Å². The van der Waals surface area contributed by atoms with E-state index in [2.05, 4.69) is 17.4 Å². The topological polar surface area (TPSA) is 49.3 Å². The van der Waals surface area contributed by atoms with E-state index in [1.54, 1.807) is 18.2 Å². The Bertz CT molecular complexity index is 824. The van der Waals surface area contributed by atoms with E-state index >= 15 is 0 Å². The summed E-state index contributed by atoms with van der Waals surface area (Å²) >= 11 is 0. The molecular weight excluding hydrogens is 262 g/mol. The molecule has 3 aromatic rings. The van der Waals surface area contributed by atoms with Crippen molar-refractivity contribution < 1.29 is 9.90 Å². The van der Waals surface area contributed by atoms with Crippen LogP contribution in [0.2, 0.25) is 0 Å². The molecular formula is C18H15NO2. The van der Waals surface area contributed by atoms with Crippen molar-refractivity contribution in [3.8, 4) is 0 Å². The van der Waals surface area contributed by atoms with Gasteiger partial charge >= 0.3 is 5.97 Å². The third-order valence-electron chi connectivity index (χ3n) is 3.43. The summed E-state index contributed by atoms with van der Waals surface area (Å²) < 4.78 is 0. The van der Waals surface area contributed by atoms with Gasteiger partial charge in [0.25, 0.3) is 0 Å². The highest BCUT2D eigenvalue weighted by Gasteiger charge is 2.10. The fourth-order valence-electron chi connectivity index (χ4n) is 2.49. The third kappa shape index (κ3) is 2.58. The number of hydrogen-bond donors (Lipinski definition) is 2. The maximum atomic E-state index is 11.3. The first-order valence-corrected chi connectivity index (χ1v) is 6.74. The summed E-state index contributed by atoms with van der Waals surface area (Å²) in [5.41, 5.74) is 2.91. The predicted molar refractivity (Wildman–Crippen MR) is 85.4 cm³/mol. The monoisotopic (exact) mass is 277 g/mol. The lowest BCUT2D eigenvalue weighted by atomic mass is 10.0. The molecule has 0 atom stereocenters. The second-order valence-electron chi connectivity index (χ2n) is 5.01. The molecule has 0 amide bonds. The van der Waals surface area contributed by atoms with Crippen molar-refractivity contribution in [2.45, 2.75) is 6.92 Å². The van der Waals surface area contributed by atoms with Gasteiger partial charge in [0.2, 0.25) is 0 Å². The molecule has 3 rings (SSSR count). The standard InChI is InChI=1S/C18H15NO2/c1-12-10-13-6-2-3-7-14(13)17(11-12)19-16-9-5-4-8-15(16)18(20)21/h2-11,19H,1H3,(H,20,21). The average Bonchev–Trinajstić information content (AvgIpc) is 2.47. The van der Waals surface area contributed by atoms with E-state index in [0.29, 0.717) is 5.69 Å². The van der Waals surface area contributed by atoms with Gasteiger partial charge in [-0.3, -0.25) is 0 Å². The Balaban J connectivity index is 2.13. The van der Waals surface area contributed by atoms with Crippen molar-refractivity contribution in [2.24, 2.45) is 0 Å². The van der Waals surface area contributed by atoms with Crippen LogP contribution in [0.5, 0.6) is 0 Å². The fourth-order valence-corrected chi connectivity index (χ4v) is 2.49. The summed E-state index contributed by atoms with van der Waals surface area (Å²) in [5.74, 6) is -0.935. The van der Waals surface area contributed by atoms with Gasteiger partial charge in [0.05, 0.1) is 11.3 Å². The van der Waals surface area contributed by atoms with Gasteiger partial charge in [-0.15, -0.1) is 0 Å². The number of hydrogen-bond acceptors (Lipinski definition) is 2. The minimum absolute atomic E-state index is 0.267. The molecule has 3 heteroatoms. The van der Waals surface area contributed by atoms with Crippen LogP contribution < -0.4 is 5.32 Å². The molecule has 0 aliphatic carbocycles. The quantitative estimate of drug-likeness (QED) is 0.736. The molecule has 0 spiro atoms. The highest BCUT2D eigenvalue weighted by atomic mass is 16.4. The molecule has 0 aromatic heterocycles. The zero-order valence-corrected chi connectivity index (χ0v) is 11.6. The lowest BCUT2D eigenvalue weighted by molar-refractivity contribution is 0.0698. The van der Waals surface area contributed by atoms with Crippen LogP contribution in [0.25, 0.3) is 10.8 Å². The minimum atomic E-state index is -0.935. The Kier molecular flexibility index (Phi) is 3.32. The van der Waals surface area contributed by atoms with Crippen LogP contribution in [0.4, 0.5) is 11.4 Å². The Morgan fingerprint density at radius 3 is 2.48 bits per heavy atom. The number of para-hydroxylation sites is 1. The molecule has 0 fully saturated rings. The van der Waals surface area contributed by atoms with Gasteiger partial charge in [0, 0.05) is 11.1 Å². The van der Waals surface area contributed by atoms with E-state index in [1.165, 1.54) is 0 Å². The molecule has 0 radical (unpaired) electrons. The lowest BCUT2D eigenvalue weighted by Gasteiger charge is -2.13. The summed E-state index contributed by atoms with van der Waals surface area (Å²) in [6, 6.07) is 19.1. The highest BCUT2D eigenvalue weighted by Crippen LogP contribution is 2.29. The zero-order chi connectivity index (χ0) is 14.8. The van der Waals surface area contributed by atoms with Crippen molar-refractivity contribution in [1.82, 2.24) is 0 Å². The van der Waals surface area contributed by atoms with Crippen molar-refractivity contribution in [3.05, 3.63) is 71.8 Å². The number of benzene rings is 3. The van der Waals surface area contributed by atoms with Gasteiger partial charge < -0.3 is 10.4 Å². The number of anilines is 2. The molecule has 0 aliphatic heterocycles. The molecule has 21 heavy (non-hydrogen) atoms. The van der Waals surface area contributed by atoms with Gasteiger partial charge in [-0.25, -0.2) is 4.79 Å². The first-order chi connectivity index (χ1) is 10.1. The summed E-state index contributed by atoms with van der Waals surface area (Å²) in [6.45, 7) is 2.03. The van der Waals surface area contributed by atoms with Crippen molar-refractivity contribution in [1.29, 1.82) is 0 Å². The molecule has 0 bridgehead atoms. The second kappa shape index (κ2) is 5.29. The maximum absolute atomic E-state index is 11.3. The summed E-state index contributed by atoms with van der Waals surface area (Å²) in [4.78, 5) is 11.3. The Morgan fingerprint density at radius 2 is 1.67 bits per heavy atom. The van der Waals surface area contributed by atoms with Crippen LogP contribution in [0.15, 0.2) is 60.7 Å². The molecule has 0 unspecified atom stereocenters. The number of carboxylic acid groups (broad SMARTS) is 1. The van der Waals surface area contributed by atoms with Crippen LogP contribution >= 0.6 is 0 Å². The maximum Gasteiger partial charge on any atom is 0.337 e. The van der Waals surface area contributed by atoms with Gasteiger partial charge in [0.15, 0.2) is 0 Å². The van der Waals surface area contributed by atoms with E-state index in [-0.39, 0.29) is 5.56 Å². The summed E-state index contributed by atoms with van der Waals surface area (Å²) in [5, 5.41) is 14.7. The molecule has 3 nitrogen and oxygen atoms in total. The normalized spacial score (nSPS) is 10.5. The van der Waals surface area contributed by atoms with Crippen molar-refractivity contribution in [2.75, 3.05) is 5.32 Å². The smallest absolute Gasteiger partial charge is 0.337 e. The Labute approximate surface area is 122 Å². The molecule has 0 aliphatic rings. The molecule has 0 saturated carbocycles. The van der Waals surface area contributed by atoms with E-state index in [9.17, 15) is 9.90 Å². The summed E-state index contributed by atoms with van der Waals surface area (Å²) in [7, 11) is 0. The van der Waals surface area contributed by atoms with Gasteiger partial charge in [-0.05, 0) is 36.1 Å². The van der Waals surface area contributed by atoms with Gasteiger partial charge in [-0.1, -0.05) is 42.5 Å². The SMILES string of the molecule is Cc1cc(Nc2ccccc2C(=O)O)c2ccccc2c1. The Morgan fingerprint density at radius 1 is 0.952 bits per heavy atom. The number of nitrogens with one attached hydrogen (secondary N) is 1. The number of fused-ring (bicyclic) bond motifs is 1. The molecule has 104 valence electrons. The summed E-state index contributed by atoms with van der Waals surface area (Å²) in [6.07, 6.45) is 0. The Hall–Kier alpha value is -2.81. The zero-order valence-electron chi connectivity index (χ0n) is 11.6. The van der Waals surface area contributed by atoms with Crippen LogP contribution in [-0.2, 0) is 0 Å². The molecule has 0 heterocycles. The molecule has 0 saturated heterocycles. The first kappa shape index (κ1) is 13.2. The van der Waals surface area contributed by atoms with Gasteiger partial charge in [-0.2, -0.15) is 0 Å². The van der Waals surface area contributed by atoms with Crippen molar-refractivity contribution >= 4 is 28.1 Å². The number of rotatable bonds is 3. The van der Waals surface area contributed by atoms with Crippen LogP contribution in [0.1, 0.15) is 15.9 Å². The number of aryl methyl sites for hydroxylation is 1. The number of carbonyl (C=O) groups is 1. The van der Waals surface area contributed by atoms with E-state index in [4.69, 9.17) is 0 Å². The van der Waals surface area contributed by atoms with Gasteiger partial charge in [0.1, 0.15) is 0 Å². The average molecular weight is 277 g/mol. The predicted octanol–water partition coefficient (Wildman–Crippen LogP) is 4.59. The van der Waals surface area contributed by atoms with Crippen molar-refractivity contribution in [3.63, 3.8) is 0 Å². The third-order valence-corrected chi connectivity index (χ3v) is 3.43. The molecule has 3 aromatic carbocycles. The largest absolute Gasteiger partial charge is 0.478 e. The van der Waals surface area contributed by atoms with E-state index in [1.807, 2.05) is 37.3 Å². The lowest BCUT2D eigenvalue weighted by Crippen LogP contribution is -2.02. The second-order valence-corrected chi connectivity index (χ2v) is 5.01. The number of aromatic carboxylic acids is 1. The molecule has 2 N–H and O–H groups in total. The number of carboxylic acids is 1. The minimum Gasteiger partial charge on any atom is -0.478 e.